The highest BCUT2D eigenvalue weighted by molar-refractivity contribution is 8.00. The van der Waals surface area contributed by atoms with E-state index < -0.39 is 47.8 Å². The number of amides is 3. The number of carbonyl (C=O) groups is 4. The molecule has 0 bridgehead atoms. The van der Waals surface area contributed by atoms with Crippen molar-refractivity contribution in [2.24, 2.45) is 10.9 Å². The fraction of sp³-hybridized carbons (Fsp3) is 0.429. The highest BCUT2D eigenvalue weighted by Crippen LogP contribution is 2.40. The minimum atomic E-state index is -1.29. The highest BCUT2D eigenvalue weighted by Gasteiger charge is 2.54. The SMILES string of the molecule is C[C@H](C(N)=O)[N+](C)(C)C/C=C/C1=C(C(=O)O)N2C(=O)[C@@H](NC(=O)/C(=N\OCC#N)c3nsc(N)n3)[C@@H]2SC1. The van der Waals surface area contributed by atoms with Gasteiger partial charge >= 0.3 is 5.97 Å². The van der Waals surface area contributed by atoms with Gasteiger partial charge in [-0.25, -0.2) is 4.79 Å². The summed E-state index contributed by atoms with van der Waals surface area (Å²) >= 11 is 2.09. The van der Waals surface area contributed by atoms with E-state index in [4.69, 9.17) is 21.6 Å². The van der Waals surface area contributed by atoms with Crippen molar-refractivity contribution in [2.45, 2.75) is 24.4 Å². The van der Waals surface area contributed by atoms with Crippen LogP contribution < -0.4 is 16.8 Å². The van der Waals surface area contributed by atoms with Gasteiger partial charge in [-0.2, -0.15) is 14.6 Å². The van der Waals surface area contributed by atoms with Gasteiger partial charge in [0.05, 0.1) is 20.6 Å². The Bertz CT molecular complexity index is 1280. The molecular formula is C21H26N9O6S2+. The average molecular weight is 565 g/mol. The molecule has 202 valence electrons. The number of hydrogen-bond acceptors (Lipinski definition) is 12. The molecule has 1 aromatic rings. The molecule has 6 N–H and O–H groups in total. The van der Waals surface area contributed by atoms with Crippen molar-refractivity contribution < 1.29 is 33.6 Å². The van der Waals surface area contributed by atoms with Crippen LogP contribution in [0.5, 0.6) is 0 Å². The summed E-state index contributed by atoms with van der Waals surface area (Å²) in [5, 5.41) is 24.0. The summed E-state index contributed by atoms with van der Waals surface area (Å²) in [4.78, 5) is 59.3. The number of likely N-dealkylation sites (N-methyl/N-ethyl adjacent to an activating group) is 1. The number of aromatic nitrogens is 2. The molecule has 3 atom stereocenters. The lowest BCUT2D eigenvalue weighted by Crippen LogP contribution is -2.71. The van der Waals surface area contributed by atoms with Crippen LogP contribution in [0.15, 0.2) is 28.6 Å². The first-order valence-corrected chi connectivity index (χ1v) is 12.9. The standard InChI is InChI=1S/C21H25N9O6S2/c1-10(15(23)31)30(2,3)7-4-5-11-9-37-19-13(18(33)29(19)14(11)20(34)35)25-17(32)12(27-36-8-6-22)16-26-21(24)38-28-16/h4-5,10,13,19H,7-9H2,1-3H3,(H5-,23,24,25,26,28,31,32,34,35)/p+1/b5-4+,27-12-/t10-,13-,19+/m1/s1. The number of nitrogens with zero attached hydrogens (tertiary/aromatic N) is 6. The average Bonchev–Trinajstić information content (AvgIpc) is 3.29. The van der Waals surface area contributed by atoms with Gasteiger partial charge in [-0.15, -0.1) is 11.8 Å². The van der Waals surface area contributed by atoms with E-state index in [0.717, 1.165) is 16.4 Å². The van der Waals surface area contributed by atoms with E-state index in [-0.39, 0.29) is 32.6 Å². The number of rotatable bonds is 11. The quantitative estimate of drug-likeness (QED) is 0.0804. The summed E-state index contributed by atoms with van der Waals surface area (Å²) in [5.41, 5.74) is 10.8. The number of fused-ring (bicyclic) bond motifs is 1. The minimum Gasteiger partial charge on any atom is -0.477 e. The van der Waals surface area contributed by atoms with Crippen molar-refractivity contribution in [3.63, 3.8) is 0 Å². The molecule has 2 aliphatic heterocycles. The van der Waals surface area contributed by atoms with E-state index in [0.29, 0.717) is 12.1 Å². The molecule has 3 heterocycles. The number of nitriles is 1. The summed E-state index contributed by atoms with van der Waals surface area (Å²) in [5.74, 6) is -3.11. The maximum atomic E-state index is 13.0. The summed E-state index contributed by atoms with van der Waals surface area (Å²) in [6, 6.07) is 0.194. The molecule has 0 aliphatic carbocycles. The van der Waals surface area contributed by atoms with E-state index in [9.17, 15) is 24.3 Å². The van der Waals surface area contributed by atoms with Crippen LogP contribution in [-0.2, 0) is 24.0 Å². The molecular weight excluding hydrogens is 538 g/mol. The van der Waals surface area contributed by atoms with Crippen molar-refractivity contribution in [1.29, 1.82) is 5.26 Å². The van der Waals surface area contributed by atoms with Crippen molar-refractivity contribution in [3.8, 4) is 6.07 Å². The normalized spacial score (nSPS) is 20.4. The lowest BCUT2D eigenvalue weighted by atomic mass is 10.0. The van der Waals surface area contributed by atoms with E-state index in [2.05, 4.69) is 19.8 Å². The number of anilines is 1. The van der Waals surface area contributed by atoms with E-state index in [1.165, 1.54) is 11.8 Å². The van der Waals surface area contributed by atoms with Gasteiger partial charge in [-0.1, -0.05) is 11.2 Å². The monoisotopic (exact) mass is 564 g/mol. The third-order valence-corrected chi connectivity index (χ3v) is 7.84. The highest BCUT2D eigenvalue weighted by atomic mass is 32.2. The second-order valence-corrected chi connectivity index (χ2v) is 10.7. The van der Waals surface area contributed by atoms with Gasteiger partial charge in [-0.3, -0.25) is 19.3 Å². The Hall–Kier alpha value is -4.01. The largest absolute Gasteiger partial charge is 0.477 e. The molecule has 1 fully saturated rings. The molecule has 3 rings (SSSR count). The van der Waals surface area contributed by atoms with Gasteiger partial charge in [0.15, 0.2) is 11.2 Å². The van der Waals surface area contributed by atoms with Crippen LogP contribution in [-0.4, -0.2) is 104 Å². The van der Waals surface area contributed by atoms with Gasteiger partial charge in [0, 0.05) is 17.3 Å². The van der Waals surface area contributed by atoms with Crippen molar-refractivity contribution in [3.05, 3.63) is 29.2 Å². The number of allylic oxidation sites excluding steroid dienone is 1. The lowest BCUT2D eigenvalue weighted by molar-refractivity contribution is -0.898. The molecule has 3 amide bonds. The lowest BCUT2D eigenvalue weighted by Gasteiger charge is -2.49. The molecule has 0 saturated carbocycles. The van der Waals surface area contributed by atoms with Gasteiger partial charge in [0.1, 0.15) is 23.2 Å². The summed E-state index contributed by atoms with van der Waals surface area (Å²) in [7, 11) is 3.64. The van der Waals surface area contributed by atoms with Crippen molar-refractivity contribution in [1.82, 2.24) is 19.6 Å². The van der Waals surface area contributed by atoms with Crippen LogP contribution in [0, 0.1) is 11.3 Å². The number of carboxylic acids is 1. The van der Waals surface area contributed by atoms with Gasteiger partial charge < -0.3 is 31.2 Å². The van der Waals surface area contributed by atoms with E-state index in [1.54, 1.807) is 25.1 Å². The molecule has 38 heavy (non-hydrogen) atoms. The predicted molar refractivity (Wildman–Crippen MR) is 137 cm³/mol. The number of primary amides is 1. The van der Waals surface area contributed by atoms with E-state index in [1.807, 2.05) is 14.1 Å². The number of oxime groups is 1. The van der Waals surface area contributed by atoms with Crippen molar-refractivity contribution >= 4 is 57.8 Å². The molecule has 0 aromatic carbocycles. The fourth-order valence-electron chi connectivity index (χ4n) is 3.59. The Balaban J connectivity index is 1.77. The summed E-state index contributed by atoms with van der Waals surface area (Å²) in [6.07, 6.45) is 3.36. The minimum absolute atomic E-state index is 0.0672. The Morgan fingerprint density at radius 2 is 2.16 bits per heavy atom. The Morgan fingerprint density at radius 1 is 1.45 bits per heavy atom. The first-order valence-electron chi connectivity index (χ1n) is 11.1. The maximum absolute atomic E-state index is 13.0. The zero-order valence-corrected chi connectivity index (χ0v) is 22.3. The number of β-lactam (4-membered cyclic amide) rings is 1. The smallest absolute Gasteiger partial charge is 0.352 e. The van der Waals surface area contributed by atoms with Crippen LogP contribution in [0.25, 0.3) is 0 Å². The Kier molecular flexibility index (Phi) is 8.70. The summed E-state index contributed by atoms with van der Waals surface area (Å²) in [6.45, 7) is 1.66. The molecule has 17 heteroatoms. The second-order valence-electron chi connectivity index (χ2n) is 8.81. The van der Waals surface area contributed by atoms with Crippen LogP contribution >= 0.6 is 23.3 Å². The van der Waals surface area contributed by atoms with E-state index >= 15 is 0 Å². The zero-order chi connectivity index (χ0) is 28.2. The number of carbonyl (C=O) groups excluding carboxylic acids is 3. The molecule has 15 nitrogen and oxygen atoms in total. The molecule has 1 saturated heterocycles. The number of nitrogens with one attached hydrogen (secondary N) is 1. The molecule has 0 spiro atoms. The number of nitrogen functional groups attached to an aromatic ring is 1. The maximum Gasteiger partial charge on any atom is 0.352 e. The molecule has 0 unspecified atom stereocenters. The molecule has 0 radical (unpaired) electrons. The zero-order valence-electron chi connectivity index (χ0n) is 20.7. The van der Waals surface area contributed by atoms with Crippen molar-refractivity contribution in [2.75, 3.05) is 38.7 Å². The van der Waals surface area contributed by atoms with Gasteiger partial charge in [-0.05, 0) is 18.6 Å². The fourth-order valence-corrected chi connectivity index (χ4v) is 5.34. The topological polar surface area (TPSA) is 227 Å². The Morgan fingerprint density at radius 3 is 2.74 bits per heavy atom. The summed E-state index contributed by atoms with van der Waals surface area (Å²) < 4.78 is 4.17. The van der Waals surface area contributed by atoms with Crippen LogP contribution in [0.4, 0.5) is 5.13 Å². The van der Waals surface area contributed by atoms with Crippen LogP contribution in [0.2, 0.25) is 0 Å². The number of nitrogens with two attached hydrogens (primary N) is 2. The molecule has 1 aromatic heterocycles. The third-order valence-electron chi connectivity index (χ3n) is 6.00. The number of quaternary nitrogens is 1. The first-order chi connectivity index (χ1) is 17.9. The Labute approximate surface area is 225 Å². The third kappa shape index (κ3) is 5.93. The number of hydrogen-bond donors (Lipinski definition) is 4. The first kappa shape index (κ1) is 28.6. The van der Waals surface area contributed by atoms with Crippen LogP contribution in [0.1, 0.15) is 12.7 Å². The number of carboxylic acid groups (broad SMARTS) is 1. The predicted octanol–water partition coefficient (Wildman–Crippen LogP) is -1.39. The second kappa shape index (κ2) is 11.6. The molecule has 2 aliphatic rings. The van der Waals surface area contributed by atoms with Crippen LogP contribution in [0.3, 0.4) is 0 Å². The number of aliphatic carboxylic acids is 1. The number of thioether (sulfide) groups is 1. The van der Waals surface area contributed by atoms with Gasteiger partial charge in [0.25, 0.3) is 17.7 Å². The van der Waals surface area contributed by atoms with Gasteiger partial charge in [0.2, 0.25) is 18.1 Å².